The summed E-state index contributed by atoms with van der Waals surface area (Å²) in [4.78, 5) is 0. The van der Waals surface area contributed by atoms with E-state index in [2.05, 4.69) is 40.8 Å². The van der Waals surface area contributed by atoms with Crippen molar-refractivity contribution >= 4 is 17.1 Å². The topological polar surface area (TPSA) is 27.7 Å². The first-order valence-corrected chi connectivity index (χ1v) is 23.5. The average molecular weight is 613 g/mol. The predicted molar refractivity (Wildman–Crippen MR) is 186 cm³/mol. The Kier molecular flexibility index (Phi) is 22.7. The molecule has 1 rings (SSSR count). The maximum Gasteiger partial charge on any atom is 0.326 e. The summed E-state index contributed by atoms with van der Waals surface area (Å²) in [6.07, 6.45) is 33.5. The van der Waals surface area contributed by atoms with Gasteiger partial charge in [0.15, 0.2) is 0 Å². The lowest BCUT2D eigenvalue weighted by Crippen LogP contribution is -2.52. The summed E-state index contributed by atoms with van der Waals surface area (Å²) >= 11 is 0. The lowest BCUT2D eigenvalue weighted by molar-refractivity contribution is 0.193. The second kappa shape index (κ2) is 23.7. The zero-order chi connectivity index (χ0) is 30.3. The lowest BCUT2D eigenvalue weighted by Gasteiger charge is -2.38. The average Bonchev–Trinajstić information content (AvgIpc) is 2.89. The van der Waals surface area contributed by atoms with E-state index in [-0.39, 0.29) is 0 Å². The molecule has 3 unspecified atom stereocenters. The minimum absolute atomic E-state index is 0.339. The van der Waals surface area contributed by atoms with Gasteiger partial charge in [0.2, 0.25) is 0 Å². The maximum atomic E-state index is 7.08. The van der Waals surface area contributed by atoms with Crippen LogP contribution in [-0.4, -0.2) is 30.8 Å². The van der Waals surface area contributed by atoms with Crippen molar-refractivity contribution in [1.82, 2.24) is 0 Å². The van der Waals surface area contributed by atoms with E-state index in [9.17, 15) is 0 Å². The highest BCUT2D eigenvalue weighted by Gasteiger charge is 2.43. The summed E-state index contributed by atoms with van der Waals surface area (Å²) in [7, 11) is -2.67. The Labute approximate surface area is 261 Å². The van der Waals surface area contributed by atoms with Crippen LogP contribution in [0.5, 0.6) is 0 Å². The van der Waals surface area contributed by atoms with Crippen molar-refractivity contribution in [2.75, 3.05) is 13.7 Å². The van der Waals surface area contributed by atoms with Gasteiger partial charge in [-0.15, -0.1) is 0 Å². The minimum Gasteiger partial charge on any atom is -0.415 e. The second-order valence-electron chi connectivity index (χ2n) is 15.4. The predicted octanol–water partition coefficient (Wildman–Crippen LogP) is 12.9. The largest absolute Gasteiger partial charge is 0.415 e. The van der Waals surface area contributed by atoms with Crippen molar-refractivity contribution in [3.63, 3.8) is 0 Å². The highest BCUT2D eigenvalue weighted by molar-refractivity contribution is 6.80. The van der Waals surface area contributed by atoms with Gasteiger partial charge in [-0.3, -0.25) is 0 Å². The molecule has 0 aromatic heterocycles. The normalized spacial score (nSPS) is 29.0. The van der Waals surface area contributed by atoms with Gasteiger partial charge in [-0.2, -0.15) is 0 Å². The van der Waals surface area contributed by atoms with Crippen LogP contribution >= 0.6 is 0 Å². The molecule has 3 atom stereocenters. The van der Waals surface area contributed by atoms with Gasteiger partial charge in [0.25, 0.3) is 0 Å². The molecule has 0 aromatic rings. The van der Waals surface area contributed by atoms with Crippen molar-refractivity contribution in [3.05, 3.63) is 0 Å². The molecule has 246 valence electrons. The highest BCUT2D eigenvalue weighted by Crippen LogP contribution is 2.33. The summed E-state index contributed by atoms with van der Waals surface area (Å²) in [5.74, 6) is 0.611. The molecule has 1 aliphatic rings. The first-order chi connectivity index (χ1) is 19.6. The molecule has 0 amide bonds. The summed E-state index contributed by atoms with van der Waals surface area (Å²) in [6, 6.07) is 2.18. The number of hydrogen-bond acceptors (Lipinski definition) is 3. The number of rotatable bonds is 4. The molecule has 0 aromatic carbocycles. The molecule has 1 aliphatic heterocycles. The van der Waals surface area contributed by atoms with E-state index in [1.807, 2.05) is 7.11 Å². The standard InChI is InChI=1S/C36H76O3Si2/c1-35(33-36(2,3)4)34-41(7)38-31-29-27-25-23-21-19-17-15-13-11-9-8-10-12-14-16-18-20-22-24-26-28-30-32-40(6,37-5)39-41/h35H,8-34H2,1-7H3. The van der Waals surface area contributed by atoms with Crippen molar-refractivity contribution in [2.24, 2.45) is 11.3 Å². The molecule has 0 N–H and O–H groups in total. The van der Waals surface area contributed by atoms with E-state index < -0.39 is 17.1 Å². The summed E-state index contributed by atoms with van der Waals surface area (Å²) in [6.45, 7) is 15.0. The molecule has 1 fully saturated rings. The fourth-order valence-electron chi connectivity index (χ4n) is 7.08. The van der Waals surface area contributed by atoms with Gasteiger partial charge in [0, 0.05) is 13.7 Å². The Bertz CT molecular complexity index is 596. The third kappa shape index (κ3) is 23.4. The van der Waals surface area contributed by atoms with Crippen LogP contribution in [0.25, 0.3) is 0 Å². The van der Waals surface area contributed by atoms with E-state index in [0.29, 0.717) is 11.3 Å². The van der Waals surface area contributed by atoms with Crippen molar-refractivity contribution in [3.8, 4) is 0 Å². The molecule has 0 aliphatic carbocycles. The van der Waals surface area contributed by atoms with Gasteiger partial charge in [-0.25, -0.2) is 0 Å². The van der Waals surface area contributed by atoms with Crippen LogP contribution in [0.1, 0.15) is 182 Å². The SMILES string of the molecule is CO[Si]1(C)CCCCCCCCCCCCCCCCCCCCCCCCCO[Si](C)(CC(C)CC(C)(C)C)O1. The van der Waals surface area contributed by atoms with Crippen LogP contribution in [0.15, 0.2) is 0 Å². The molecule has 5 heteroatoms. The van der Waals surface area contributed by atoms with E-state index in [0.717, 1.165) is 18.7 Å². The van der Waals surface area contributed by atoms with Crippen molar-refractivity contribution in [2.45, 2.75) is 207 Å². The summed E-state index contributed by atoms with van der Waals surface area (Å²) < 4.78 is 20.0. The fraction of sp³-hybridized carbons (Fsp3) is 1.00. The molecular weight excluding hydrogens is 537 g/mol. The minimum atomic E-state index is -2.32. The monoisotopic (exact) mass is 613 g/mol. The molecule has 0 spiro atoms. The smallest absolute Gasteiger partial charge is 0.326 e. The van der Waals surface area contributed by atoms with Crippen LogP contribution in [0, 0.1) is 11.3 Å². The Hall–Kier alpha value is 0.314. The number of hydrogen-bond donors (Lipinski definition) is 0. The lowest BCUT2D eigenvalue weighted by atomic mass is 9.86. The van der Waals surface area contributed by atoms with Gasteiger partial charge in [0.1, 0.15) is 0 Å². The van der Waals surface area contributed by atoms with Crippen LogP contribution < -0.4 is 0 Å². The highest BCUT2D eigenvalue weighted by atomic mass is 28.5. The Morgan fingerprint density at radius 2 is 0.927 bits per heavy atom. The molecular formula is C36H76O3Si2. The fourth-order valence-corrected chi connectivity index (χ4v) is 15.2. The zero-order valence-corrected chi connectivity index (χ0v) is 31.4. The van der Waals surface area contributed by atoms with Crippen LogP contribution in [-0.2, 0) is 13.0 Å². The first kappa shape index (κ1) is 39.3. The molecule has 3 nitrogen and oxygen atoms in total. The van der Waals surface area contributed by atoms with Gasteiger partial charge >= 0.3 is 17.1 Å². The molecule has 41 heavy (non-hydrogen) atoms. The van der Waals surface area contributed by atoms with Gasteiger partial charge < -0.3 is 13.0 Å². The zero-order valence-electron chi connectivity index (χ0n) is 29.4. The van der Waals surface area contributed by atoms with Gasteiger partial charge in [0.05, 0.1) is 0 Å². The third-order valence-corrected chi connectivity index (χ3v) is 17.1. The molecule has 0 radical (unpaired) electrons. The summed E-state index contributed by atoms with van der Waals surface area (Å²) in [5, 5.41) is 0. The molecule has 0 bridgehead atoms. The van der Waals surface area contributed by atoms with E-state index in [1.165, 1.54) is 154 Å². The van der Waals surface area contributed by atoms with E-state index >= 15 is 0 Å². The third-order valence-electron chi connectivity index (χ3n) is 9.23. The van der Waals surface area contributed by atoms with Crippen molar-refractivity contribution < 1.29 is 13.0 Å². The Morgan fingerprint density at radius 1 is 0.585 bits per heavy atom. The second-order valence-corrected chi connectivity index (χ2v) is 22.3. The van der Waals surface area contributed by atoms with Gasteiger partial charge in [-0.05, 0) is 49.4 Å². The Morgan fingerprint density at radius 3 is 1.27 bits per heavy atom. The van der Waals surface area contributed by atoms with E-state index in [1.54, 1.807) is 0 Å². The Balaban J connectivity index is 2.63. The van der Waals surface area contributed by atoms with E-state index in [4.69, 9.17) is 13.0 Å². The quantitative estimate of drug-likeness (QED) is 0.296. The van der Waals surface area contributed by atoms with Crippen LogP contribution in [0.4, 0.5) is 0 Å². The molecule has 1 saturated heterocycles. The van der Waals surface area contributed by atoms with Crippen LogP contribution in [0.2, 0.25) is 25.2 Å². The van der Waals surface area contributed by atoms with Gasteiger partial charge in [-0.1, -0.05) is 169 Å². The molecule has 1 heterocycles. The maximum absolute atomic E-state index is 7.08. The summed E-state index contributed by atoms with van der Waals surface area (Å²) in [5.41, 5.74) is 0.339. The first-order valence-electron chi connectivity index (χ1n) is 18.5. The van der Waals surface area contributed by atoms with Crippen molar-refractivity contribution in [1.29, 1.82) is 0 Å². The molecule has 0 saturated carbocycles. The van der Waals surface area contributed by atoms with Crippen LogP contribution in [0.3, 0.4) is 0 Å².